The summed E-state index contributed by atoms with van der Waals surface area (Å²) in [4.78, 5) is 13.0. The molecule has 0 aromatic rings. The molecule has 0 amide bonds. The molecule has 0 bridgehead atoms. The van der Waals surface area contributed by atoms with Crippen LogP contribution in [-0.4, -0.2) is 30.2 Å². The molecule has 0 spiro atoms. The summed E-state index contributed by atoms with van der Waals surface area (Å²) in [6.07, 6.45) is 13.6. The molecule has 5 rings (SSSR count). The molecule has 1 N–H and O–H groups in total. The van der Waals surface area contributed by atoms with Gasteiger partial charge in [0.25, 0.3) is 0 Å². The Balaban J connectivity index is 1.68. The van der Waals surface area contributed by atoms with E-state index < -0.39 is 0 Å². The zero-order valence-electron chi connectivity index (χ0n) is 23.2. The maximum absolute atomic E-state index is 13.0. The lowest BCUT2D eigenvalue weighted by molar-refractivity contribution is -0.285. The Morgan fingerprint density at radius 1 is 1.00 bits per heavy atom. The lowest BCUT2D eigenvalue weighted by Gasteiger charge is -2.74. The van der Waals surface area contributed by atoms with Crippen LogP contribution in [0.4, 0.5) is 0 Å². The molecule has 4 fully saturated rings. The Hall–Kier alpha value is -0.670. The number of carbonyl (C=O) groups excluding carboxylic acids is 1. The Bertz CT molecular complexity index is 891. The van der Waals surface area contributed by atoms with Crippen LogP contribution in [0.5, 0.6) is 0 Å². The number of Topliss-reactive ketones (excluding diaryl/α,β-unsaturated/α-hetero) is 1. The van der Waals surface area contributed by atoms with E-state index in [1.807, 2.05) is 7.11 Å². The predicted octanol–water partition coefficient (Wildman–Crippen LogP) is 6.83. The molecule has 0 aromatic carbocycles. The van der Waals surface area contributed by atoms with Crippen LogP contribution in [0.3, 0.4) is 0 Å². The molecule has 34 heavy (non-hydrogen) atoms. The van der Waals surface area contributed by atoms with Crippen LogP contribution in [-0.2, 0) is 9.53 Å². The predicted molar refractivity (Wildman–Crippen MR) is 137 cm³/mol. The van der Waals surface area contributed by atoms with E-state index in [-0.39, 0.29) is 39.3 Å². The van der Waals surface area contributed by atoms with E-state index in [1.54, 1.807) is 0 Å². The minimum absolute atomic E-state index is 0.00238. The smallest absolute Gasteiger partial charge is 0.138 e. The van der Waals surface area contributed by atoms with Gasteiger partial charge in [-0.1, -0.05) is 60.6 Å². The molecule has 3 heteroatoms. The van der Waals surface area contributed by atoms with E-state index in [9.17, 15) is 9.90 Å². The summed E-state index contributed by atoms with van der Waals surface area (Å²) < 4.78 is 6.79. The number of aliphatic hydroxyl groups excluding tert-OH is 1. The average Bonchev–Trinajstić information content (AvgIpc) is 2.79. The van der Waals surface area contributed by atoms with Crippen LogP contribution in [0.2, 0.25) is 0 Å². The highest BCUT2D eigenvalue weighted by Gasteiger charge is 2.74. The van der Waals surface area contributed by atoms with Crippen molar-refractivity contribution >= 4 is 5.78 Å². The van der Waals surface area contributed by atoms with Gasteiger partial charge in [0.05, 0.1) is 5.60 Å². The Labute approximate surface area is 208 Å². The van der Waals surface area contributed by atoms with Gasteiger partial charge in [0.2, 0.25) is 0 Å². The van der Waals surface area contributed by atoms with Gasteiger partial charge in [-0.15, -0.1) is 0 Å². The molecule has 3 nitrogen and oxygen atoms in total. The summed E-state index contributed by atoms with van der Waals surface area (Å²) in [5.41, 5.74) is -0.360. The first-order valence-corrected chi connectivity index (χ1v) is 14.2. The molecule has 0 saturated heterocycles. The summed E-state index contributed by atoms with van der Waals surface area (Å²) in [5, 5.41) is 10.8. The van der Waals surface area contributed by atoms with Gasteiger partial charge in [-0.3, -0.25) is 4.79 Å². The SMILES string of the molecule is COC12C=CC3C4(C)CCC(=O)C(C)(C)C4CCC3(C)C1(C)CCC1(CO)CCC(C)C(C)C12. The molecule has 0 aromatic heterocycles. The second-order valence-corrected chi connectivity index (χ2v) is 14.7. The fourth-order valence-corrected chi connectivity index (χ4v) is 11.3. The number of ketones is 1. The van der Waals surface area contributed by atoms with Gasteiger partial charge in [-0.25, -0.2) is 0 Å². The monoisotopic (exact) mass is 470 g/mol. The lowest BCUT2D eigenvalue weighted by atomic mass is 9.31. The quantitative estimate of drug-likeness (QED) is 0.450. The summed E-state index contributed by atoms with van der Waals surface area (Å²) in [5.74, 6) is 2.86. The highest BCUT2D eigenvalue weighted by molar-refractivity contribution is 5.85. The first-order chi connectivity index (χ1) is 15.8. The molecule has 10 unspecified atom stereocenters. The first kappa shape index (κ1) is 25.0. The maximum Gasteiger partial charge on any atom is 0.138 e. The normalized spacial score (nSPS) is 56.1. The number of ether oxygens (including phenoxy) is 1. The molecule has 4 saturated carbocycles. The van der Waals surface area contributed by atoms with Crippen LogP contribution >= 0.6 is 0 Å². The zero-order valence-corrected chi connectivity index (χ0v) is 23.2. The van der Waals surface area contributed by atoms with Gasteiger partial charge in [0.15, 0.2) is 0 Å². The van der Waals surface area contributed by atoms with Crippen molar-refractivity contribution in [3.05, 3.63) is 12.2 Å². The number of rotatable bonds is 2. The van der Waals surface area contributed by atoms with Gasteiger partial charge in [0.1, 0.15) is 5.78 Å². The number of fused-ring (bicyclic) bond motifs is 7. The molecule has 5 aliphatic rings. The number of carbonyl (C=O) groups is 1. The third-order valence-corrected chi connectivity index (χ3v) is 13.7. The van der Waals surface area contributed by atoms with Gasteiger partial charge < -0.3 is 9.84 Å². The first-order valence-electron chi connectivity index (χ1n) is 14.2. The highest BCUT2D eigenvalue weighted by Crippen LogP contribution is 2.76. The van der Waals surface area contributed by atoms with Crippen molar-refractivity contribution in [2.24, 2.45) is 56.7 Å². The van der Waals surface area contributed by atoms with E-state index in [0.29, 0.717) is 35.4 Å². The minimum Gasteiger partial charge on any atom is -0.396 e. The summed E-state index contributed by atoms with van der Waals surface area (Å²) in [6, 6.07) is 0. The molecule has 10 atom stereocenters. The topological polar surface area (TPSA) is 46.5 Å². The summed E-state index contributed by atoms with van der Waals surface area (Å²) in [6.45, 7) is 17.2. The van der Waals surface area contributed by atoms with Crippen molar-refractivity contribution in [2.75, 3.05) is 13.7 Å². The van der Waals surface area contributed by atoms with Crippen molar-refractivity contribution < 1.29 is 14.6 Å². The molecular weight excluding hydrogens is 420 g/mol. The second-order valence-electron chi connectivity index (χ2n) is 14.7. The van der Waals surface area contributed by atoms with Gasteiger partial charge >= 0.3 is 0 Å². The highest BCUT2D eigenvalue weighted by atomic mass is 16.5. The third kappa shape index (κ3) is 2.65. The molecule has 5 aliphatic carbocycles. The Morgan fingerprint density at radius 3 is 2.35 bits per heavy atom. The lowest BCUT2D eigenvalue weighted by Crippen LogP contribution is -2.73. The van der Waals surface area contributed by atoms with E-state index in [0.717, 1.165) is 44.9 Å². The van der Waals surface area contributed by atoms with Crippen molar-refractivity contribution in [1.29, 1.82) is 0 Å². The number of methoxy groups -OCH3 is 1. The van der Waals surface area contributed by atoms with Gasteiger partial charge in [0, 0.05) is 36.9 Å². The largest absolute Gasteiger partial charge is 0.396 e. The van der Waals surface area contributed by atoms with Crippen molar-refractivity contribution in [3.63, 3.8) is 0 Å². The van der Waals surface area contributed by atoms with Crippen molar-refractivity contribution in [2.45, 2.75) is 105 Å². The standard InChI is InChI=1S/C31H50O3/c1-20-9-15-30(19-32)18-17-29(7)28(6)14-10-22-26(3,4)24(33)12-13-27(22,5)23(28)11-16-31(29,34-8)25(30)21(20)2/h11,16,20-23,25,32H,9-10,12-15,17-19H2,1-8H3. The van der Waals surface area contributed by atoms with Crippen LogP contribution < -0.4 is 0 Å². The number of aliphatic hydroxyl groups is 1. The van der Waals surface area contributed by atoms with E-state index in [2.05, 4.69) is 60.6 Å². The zero-order chi connectivity index (χ0) is 24.9. The number of allylic oxidation sites excluding steroid dienone is 1. The van der Waals surface area contributed by atoms with Gasteiger partial charge in [-0.05, 0) is 84.9 Å². The van der Waals surface area contributed by atoms with Crippen molar-refractivity contribution in [1.82, 2.24) is 0 Å². The fourth-order valence-electron chi connectivity index (χ4n) is 11.3. The van der Waals surface area contributed by atoms with Crippen molar-refractivity contribution in [3.8, 4) is 0 Å². The van der Waals surface area contributed by atoms with E-state index in [1.165, 1.54) is 6.42 Å². The fraction of sp³-hybridized carbons (Fsp3) is 0.903. The maximum atomic E-state index is 13.0. The van der Waals surface area contributed by atoms with Crippen LogP contribution in [0.25, 0.3) is 0 Å². The molecule has 192 valence electrons. The second kappa shape index (κ2) is 7.44. The Morgan fingerprint density at radius 2 is 1.71 bits per heavy atom. The van der Waals surface area contributed by atoms with E-state index in [4.69, 9.17) is 4.74 Å². The van der Waals surface area contributed by atoms with Crippen LogP contribution in [0, 0.1) is 56.7 Å². The van der Waals surface area contributed by atoms with Crippen LogP contribution in [0.15, 0.2) is 12.2 Å². The molecule has 0 radical (unpaired) electrons. The number of hydrogen-bond donors (Lipinski definition) is 1. The minimum atomic E-state index is -0.351. The Kier molecular flexibility index (Phi) is 5.47. The third-order valence-electron chi connectivity index (χ3n) is 13.7. The number of hydrogen-bond acceptors (Lipinski definition) is 3. The summed E-state index contributed by atoms with van der Waals surface area (Å²) in [7, 11) is 1.95. The summed E-state index contributed by atoms with van der Waals surface area (Å²) >= 11 is 0. The average molecular weight is 471 g/mol. The van der Waals surface area contributed by atoms with Crippen LogP contribution in [0.1, 0.15) is 99.8 Å². The van der Waals surface area contributed by atoms with E-state index >= 15 is 0 Å². The molecule has 0 heterocycles. The van der Waals surface area contributed by atoms with Gasteiger partial charge in [-0.2, -0.15) is 0 Å². The molecule has 0 aliphatic heterocycles. The molecular formula is C31H50O3.